The molecule has 1 aliphatic carbocycles. The lowest BCUT2D eigenvalue weighted by atomic mass is 9.82. The Kier molecular flexibility index (Phi) is 5.85. The molecule has 1 aliphatic rings. The Morgan fingerprint density at radius 1 is 0.583 bits per heavy atom. The van der Waals surface area contributed by atoms with Crippen LogP contribution in [-0.4, -0.2) is 25.8 Å². The molecule has 4 aromatic carbocycles. The summed E-state index contributed by atoms with van der Waals surface area (Å²) >= 11 is 0. The lowest BCUT2D eigenvalue weighted by molar-refractivity contribution is 0.0972. The second-order valence-corrected chi connectivity index (χ2v) is 8.04. The van der Waals surface area contributed by atoms with Crippen molar-refractivity contribution in [2.45, 2.75) is 0 Å². The maximum Gasteiger partial charge on any atom is 0.197 e. The summed E-state index contributed by atoms with van der Waals surface area (Å²) in [5.74, 6) is -2.44. The average molecular weight is 486 g/mol. The van der Waals surface area contributed by atoms with Crippen molar-refractivity contribution in [3.05, 3.63) is 107 Å². The van der Waals surface area contributed by atoms with Gasteiger partial charge in [-0.05, 0) is 48.5 Å². The normalized spacial score (nSPS) is 12.0. The van der Waals surface area contributed by atoms with E-state index in [-0.39, 0.29) is 22.5 Å². The number of fused-ring (bicyclic) bond motifs is 2. The molecule has 180 valence electrons. The van der Waals surface area contributed by atoms with Crippen LogP contribution in [0, 0.1) is 11.6 Å². The van der Waals surface area contributed by atoms with E-state index in [1.54, 1.807) is 60.7 Å². The summed E-state index contributed by atoms with van der Waals surface area (Å²) in [4.78, 5) is 26.4. The van der Waals surface area contributed by atoms with Crippen molar-refractivity contribution >= 4 is 34.3 Å². The van der Waals surface area contributed by atoms with Gasteiger partial charge in [0.05, 0.1) is 25.3 Å². The maximum absolute atomic E-state index is 16.1. The molecule has 0 unspecified atom stereocenters. The van der Waals surface area contributed by atoms with Crippen molar-refractivity contribution in [3.63, 3.8) is 0 Å². The molecule has 0 radical (unpaired) electrons. The molecule has 0 saturated carbocycles. The fourth-order valence-corrected chi connectivity index (χ4v) is 4.14. The number of carbonyl (C=O) groups excluding carboxylic acids is 2. The number of hydrogen-bond acceptors (Lipinski definition) is 6. The predicted octanol–water partition coefficient (Wildman–Crippen LogP) is 6.24. The molecule has 0 amide bonds. The number of methoxy groups -OCH3 is 2. The van der Waals surface area contributed by atoms with Crippen molar-refractivity contribution < 1.29 is 27.8 Å². The fourth-order valence-electron chi connectivity index (χ4n) is 4.14. The predicted molar refractivity (Wildman–Crippen MR) is 132 cm³/mol. The van der Waals surface area contributed by atoms with E-state index in [4.69, 9.17) is 9.47 Å². The van der Waals surface area contributed by atoms with E-state index < -0.39 is 34.3 Å². The number of nitrogens with one attached hydrogen (secondary N) is 2. The van der Waals surface area contributed by atoms with E-state index in [2.05, 4.69) is 10.6 Å². The zero-order chi connectivity index (χ0) is 25.4. The number of ketones is 2. The number of anilines is 4. The van der Waals surface area contributed by atoms with E-state index >= 15 is 8.78 Å². The van der Waals surface area contributed by atoms with Gasteiger partial charge in [0.2, 0.25) is 0 Å². The number of ether oxygens (including phenoxy) is 2. The molecule has 0 saturated heterocycles. The van der Waals surface area contributed by atoms with Gasteiger partial charge >= 0.3 is 0 Å². The number of benzene rings is 4. The van der Waals surface area contributed by atoms with E-state index in [1.165, 1.54) is 26.4 Å². The Labute approximate surface area is 205 Å². The summed E-state index contributed by atoms with van der Waals surface area (Å²) < 4.78 is 42.5. The third kappa shape index (κ3) is 3.82. The third-order valence-electron chi connectivity index (χ3n) is 5.97. The quantitative estimate of drug-likeness (QED) is 0.296. The summed E-state index contributed by atoms with van der Waals surface area (Å²) in [6, 6.07) is 19.1. The molecular formula is C28H20F2N2O4. The minimum absolute atomic E-state index is 0.0274. The lowest BCUT2D eigenvalue weighted by Gasteiger charge is -2.24. The Hall–Kier alpha value is -4.72. The second-order valence-electron chi connectivity index (χ2n) is 8.04. The van der Waals surface area contributed by atoms with Gasteiger partial charge in [-0.2, -0.15) is 0 Å². The van der Waals surface area contributed by atoms with Gasteiger partial charge in [0, 0.05) is 22.5 Å². The van der Waals surface area contributed by atoms with Gasteiger partial charge in [0.15, 0.2) is 23.2 Å². The van der Waals surface area contributed by atoms with Gasteiger partial charge in [0.1, 0.15) is 22.9 Å². The molecule has 0 fully saturated rings. The SMILES string of the molecule is COc1ccc(Nc2c(F)c3c(c(F)c2Nc2ccc(OC)cc2)C(=O)c2ccccc2C3=O)cc1. The summed E-state index contributed by atoms with van der Waals surface area (Å²) in [6.07, 6.45) is 0. The molecule has 0 aliphatic heterocycles. The van der Waals surface area contributed by atoms with Crippen molar-refractivity contribution in [1.82, 2.24) is 0 Å². The Morgan fingerprint density at radius 2 is 0.944 bits per heavy atom. The van der Waals surface area contributed by atoms with E-state index in [9.17, 15) is 9.59 Å². The molecule has 0 atom stereocenters. The van der Waals surface area contributed by atoms with Crippen LogP contribution < -0.4 is 20.1 Å². The molecule has 2 N–H and O–H groups in total. The highest BCUT2D eigenvalue weighted by Crippen LogP contribution is 2.42. The highest BCUT2D eigenvalue weighted by Gasteiger charge is 2.38. The van der Waals surface area contributed by atoms with Crippen molar-refractivity contribution in [1.29, 1.82) is 0 Å². The van der Waals surface area contributed by atoms with E-state index in [0.29, 0.717) is 22.9 Å². The van der Waals surface area contributed by atoms with Crippen LogP contribution in [-0.2, 0) is 0 Å². The van der Waals surface area contributed by atoms with Gasteiger partial charge in [-0.1, -0.05) is 24.3 Å². The molecule has 0 heterocycles. The van der Waals surface area contributed by atoms with Gasteiger partial charge in [-0.25, -0.2) is 8.78 Å². The van der Waals surface area contributed by atoms with Crippen LogP contribution >= 0.6 is 0 Å². The summed E-state index contributed by atoms with van der Waals surface area (Å²) in [7, 11) is 3.02. The molecule has 0 aromatic heterocycles. The largest absolute Gasteiger partial charge is 0.497 e. The monoisotopic (exact) mass is 486 g/mol. The van der Waals surface area contributed by atoms with Crippen LogP contribution in [0.3, 0.4) is 0 Å². The maximum atomic E-state index is 16.1. The summed E-state index contributed by atoms with van der Waals surface area (Å²) in [5.41, 5.74) is -0.941. The summed E-state index contributed by atoms with van der Waals surface area (Å²) in [5, 5.41) is 5.73. The average Bonchev–Trinajstić information content (AvgIpc) is 2.92. The van der Waals surface area contributed by atoms with Gasteiger partial charge < -0.3 is 20.1 Å². The first-order chi connectivity index (χ1) is 17.4. The number of rotatable bonds is 6. The van der Waals surface area contributed by atoms with Gasteiger partial charge in [-0.3, -0.25) is 9.59 Å². The molecule has 0 spiro atoms. The molecular weight excluding hydrogens is 466 g/mol. The number of halogens is 2. The van der Waals surface area contributed by atoms with Crippen molar-refractivity contribution in [3.8, 4) is 11.5 Å². The van der Waals surface area contributed by atoms with Crippen LogP contribution in [0.15, 0.2) is 72.8 Å². The topological polar surface area (TPSA) is 76.7 Å². The first-order valence-electron chi connectivity index (χ1n) is 11.0. The zero-order valence-electron chi connectivity index (χ0n) is 19.3. The molecule has 8 heteroatoms. The summed E-state index contributed by atoms with van der Waals surface area (Å²) in [6.45, 7) is 0. The molecule has 0 bridgehead atoms. The first-order valence-corrected chi connectivity index (χ1v) is 11.0. The van der Waals surface area contributed by atoms with Crippen LogP contribution in [0.25, 0.3) is 0 Å². The Balaban J connectivity index is 1.70. The van der Waals surface area contributed by atoms with E-state index in [0.717, 1.165) is 0 Å². The van der Waals surface area contributed by atoms with E-state index in [1.807, 2.05) is 0 Å². The van der Waals surface area contributed by atoms with Crippen molar-refractivity contribution in [2.75, 3.05) is 24.9 Å². The number of carbonyl (C=O) groups is 2. The highest BCUT2D eigenvalue weighted by molar-refractivity contribution is 6.29. The van der Waals surface area contributed by atoms with Crippen LogP contribution in [0.5, 0.6) is 11.5 Å². The standard InChI is InChI=1S/C28H20F2N2O4/c1-35-17-11-7-15(8-12-17)31-25-23(29)21-22(28(34)20-6-4-3-5-19(20)27(21)33)24(30)26(25)32-16-9-13-18(36-2)14-10-16/h3-14,31-32H,1-2H3. The third-order valence-corrected chi connectivity index (χ3v) is 5.97. The van der Waals surface area contributed by atoms with Crippen molar-refractivity contribution in [2.24, 2.45) is 0 Å². The molecule has 6 nitrogen and oxygen atoms in total. The smallest absolute Gasteiger partial charge is 0.197 e. The van der Waals surface area contributed by atoms with Crippen LogP contribution in [0.4, 0.5) is 31.5 Å². The number of hydrogen-bond donors (Lipinski definition) is 2. The second kappa shape index (κ2) is 9.14. The van der Waals surface area contributed by atoms with Gasteiger partial charge in [-0.15, -0.1) is 0 Å². The molecule has 36 heavy (non-hydrogen) atoms. The minimum Gasteiger partial charge on any atom is -0.497 e. The minimum atomic E-state index is -1.04. The lowest BCUT2D eigenvalue weighted by Crippen LogP contribution is -2.25. The van der Waals surface area contributed by atoms with Gasteiger partial charge in [0.25, 0.3) is 0 Å². The van der Waals surface area contributed by atoms with Crippen LogP contribution in [0.2, 0.25) is 0 Å². The Bertz CT molecular complexity index is 1390. The molecule has 5 rings (SSSR count). The highest BCUT2D eigenvalue weighted by atomic mass is 19.1. The molecule has 4 aromatic rings. The zero-order valence-corrected chi connectivity index (χ0v) is 19.3. The van der Waals surface area contributed by atoms with Crippen LogP contribution in [0.1, 0.15) is 31.8 Å². The first kappa shape index (κ1) is 23.0. The fraction of sp³-hybridized carbons (Fsp3) is 0.0714. The Morgan fingerprint density at radius 3 is 1.28 bits per heavy atom.